The molecule has 0 bridgehead atoms. The maximum Gasteiger partial charge on any atom is 0.130 e. The minimum atomic E-state index is 0.645. The molecule has 2 rings (SSSR count). The maximum atomic E-state index is 5.27. The van der Waals surface area contributed by atoms with Gasteiger partial charge in [-0.2, -0.15) is 11.8 Å². The van der Waals surface area contributed by atoms with Gasteiger partial charge in [-0.05, 0) is 31.2 Å². The van der Waals surface area contributed by atoms with Crippen LogP contribution in [0.1, 0.15) is 57.5 Å². The maximum absolute atomic E-state index is 5.27. The van der Waals surface area contributed by atoms with E-state index in [2.05, 4.69) is 23.8 Å². The summed E-state index contributed by atoms with van der Waals surface area (Å²) in [5, 5.41) is 0.825. The lowest BCUT2D eigenvalue weighted by Gasteiger charge is -2.20. The van der Waals surface area contributed by atoms with Crippen LogP contribution in [0.5, 0.6) is 0 Å². The van der Waals surface area contributed by atoms with Crippen LogP contribution in [0, 0.1) is 10.6 Å². The molecular weight excluding hydrogens is 272 g/mol. The van der Waals surface area contributed by atoms with Gasteiger partial charge in [0, 0.05) is 10.9 Å². The summed E-state index contributed by atoms with van der Waals surface area (Å²) < 4.78 is 0.730. The van der Waals surface area contributed by atoms with Gasteiger partial charge in [-0.25, -0.2) is 4.98 Å². The fraction of sp³-hybridized carbons (Fsp3) is 0.733. The molecule has 1 aromatic rings. The molecule has 0 amide bonds. The quantitative estimate of drug-likeness (QED) is 0.783. The molecule has 1 aromatic heterocycles. The summed E-state index contributed by atoms with van der Waals surface area (Å²) in [7, 11) is 0. The highest BCUT2D eigenvalue weighted by atomic mass is 32.2. The molecule has 106 valence electrons. The summed E-state index contributed by atoms with van der Waals surface area (Å²) in [6.07, 6.45) is 8.01. The third kappa shape index (κ3) is 5.27. The van der Waals surface area contributed by atoms with Gasteiger partial charge in [0.25, 0.3) is 0 Å². The van der Waals surface area contributed by atoms with Gasteiger partial charge in [0.2, 0.25) is 0 Å². The summed E-state index contributed by atoms with van der Waals surface area (Å²) in [6, 6.07) is 2.00. The summed E-state index contributed by atoms with van der Waals surface area (Å²) in [4.78, 5) is 7.92. The number of nitrogens with one attached hydrogen (secondary N) is 1. The number of rotatable bonds is 5. The topological polar surface area (TPSA) is 28.7 Å². The monoisotopic (exact) mass is 296 g/mol. The van der Waals surface area contributed by atoms with Gasteiger partial charge in [0.1, 0.15) is 10.5 Å². The standard InChI is InChI=1S/C15H24N2S2/c1-11(2)8-12-9-15(18)17-14(16-12)10-19-13-6-4-3-5-7-13/h9,11,13H,3-8,10H2,1-2H3,(H,16,17,18). The normalized spacial score (nSPS) is 17.0. The van der Waals surface area contributed by atoms with E-state index in [1.807, 2.05) is 17.8 Å². The molecule has 4 heteroatoms. The molecule has 0 radical (unpaired) electrons. The Morgan fingerprint density at radius 1 is 1.37 bits per heavy atom. The first-order valence-electron chi connectivity index (χ1n) is 7.34. The first kappa shape index (κ1) is 15.0. The lowest BCUT2D eigenvalue weighted by atomic mass is 10.0. The summed E-state index contributed by atoms with van der Waals surface area (Å²) in [5.41, 5.74) is 1.23. The van der Waals surface area contributed by atoms with E-state index < -0.39 is 0 Å². The zero-order valence-electron chi connectivity index (χ0n) is 11.9. The number of hydrogen-bond acceptors (Lipinski definition) is 3. The molecule has 0 saturated heterocycles. The van der Waals surface area contributed by atoms with Gasteiger partial charge in [-0.1, -0.05) is 45.3 Å². The van der Waals surface area contributed by atoms with Crippen LogP contribution in [-0.2, 0) is 12.2 Å². The fourth-order valence-corrected chi connectivity index (χ4v) is 4.06. The van der Waals surface area contributed by atoms with Crippen LogP contribution in [0.4, 0.5) is 0 Å². The van der Waals surface area contributed by atoms with Crippen LogP contribution in [0.25, 0.3) is 0 Å². The van der Waals surface area contributed by atoms with Crippen molar-refractivity contribution >= 4 is 24.0 Å². The highest BCUT2D eigenvalue weighted by molar-refractivity contribution is 7.99. The lowest BCUT2D eigenvalue weighted by molar-refractivity contribution is 0.516. The van der Waals surface area contributed by atoms with Crippen molar-refractivity contribution in [2.45, 2.75) is 63.4 Å². The molecule has 0 atom stereocenters. The van der Waals surface area contributed by atoms with E-state index in [9.17, 15) is 0 Å². The van der Waals surface area contributed by atoms with Crippen LogP contribution in [0.15, 0.2) is 6.07 Å². The fourth-order valence-electron chi connectivity index (χ4n) is 2.61. The number of hydrogen-bond donors (Lipinski definition) is 1. The summed E-state index contributed by atoms with van der Waals surface area (Å²) in [6.45, 7) is 4.46. The number of aromatic amines is 1. The number of aromatic nitrogens is 2. The van der Waals surface area contributed by atoms with E-state index in [1.54, 1.807) is 0 Å². The Morgan fingerprint density at radius 2 is 2.11 bits per heavy atom. The smallest absolute Gasteiger partial charge is 0.130 e. The van der Waals surface area contributed by atoms with Gasteiger partial charge in [-0.3, -0.25) is 0 Å². The summed E-state index contributed by atoms with van der Waals surface area (Å²) in [5.74, 6) is 2.67. The Labute approximate surface area is 125 Å². The molecule has 19 heavy (non-hydrogen) atoms. The highest BCUT2D eigenvalue weighted by Crippen LogP contribution is 2.29. The SMILES string of the molecule is CC(C)Cc1cc(=S)nc(CSC2CCCCC2)[nH]1. The molecule has 1 aliphatic carbocycles. The molecule has 0 unspecified atom stereocenters. The predicted octanol–water partition coefficient (Wildman–Crippen LogP) is 4.90. The van der Waals surface area contributed by atoms with Crippen molar-refractivity contribution in [2.75, 3.05) is 0 Å². The lowest BCUT2D eigenvalue weighted by Crippen LogP contribution is -2.09. The van der Waals surface area contributed by atoms with E-state index >= 15 is 0 Å². The Kier molecular flexibility index (Phi) is 5.89. The molecule has 2 nitrogen and oxygen atoms in total. The van der Waals surface area contributed by atoms with Crippen molar-refractivity contribution in [2.24, 2.45) is 5.92 Å². The molecule has 1 fully saturated rings. The largest absolute Gasteiger partial charge is 0.346 e. The minimum Gasteiger partial charge on any atom is -0.346 e. The molecule has 1 N–H and O–H groups in total. The zero-order chi connectivity index (χ0) is 13.7. The van der Waals surface area contributed by atoms with Crippen molar-refractivity contribution < 1.29 is 0 Å². The molecular formula is C15H24N2S2. The second kappa shape index (κ2) is 7.44. The molecule has 0 spiro atoms. The third-order valence-corrected chi connectivity index (χ3v) is 5.08. The zero-order valence-corrected chi connectivity index (χ0v) is 13.6. The predicted molar refractivity (Wildman–Crippen MR) is 86.1 cm³/mol. The van der Waals surface area contributed by atoms with Crippen molar-refractivity contribution in [1.82, 2.24) is 9.97 Å². The van der Waals surface area contributed by atoms with Crippen LogP contribution in [0.3, 0.4) is 0 Å². The van der Waals surface area contributed by atoms with Crippen LogP contribution in [0.2, 0.25) is 0 Å². The number of thioether (sulfide) groups is 1. The van der Waals surface area contributed by atoms with E-state index in [-0.39, 0.29) is 0 Å². The first-order chi connectivity index (χ1) is 9.13. The van der Waals surface area contributed by atoms with Gasteiger partial charge in [0.05, 0.1) is 5.75 Å². The van der Waals surface area contributed by atoms with Crippen molar-refractivity contribution in [3.05, 3.63) is 22.2 Å². The van der Waals surface area contributed by atoms with Gasteiger partial charge in [-0.15, -0.1) is 0 Å². The van der Waals surface area contributed by atoms with Crippen molar-refractivity contribution in [3.8, 4) is 0 Å². The Balaban J connectivity index is 1.95. The van der Waals surface area contributed by atoms with Crippen LogP contribution in [-0.4, -0.2) is 15.2 Å². The molecule has 1 heterocycles. The number of H-pyrrole nitrogens is 1. The second-order valence-electron chi connectivity index (χ2n) is 5.86. The van der Waals surface area contributed by atoms with E-state index in [0.29, 0.717) is 5.92 Å². The molecule has 1 aliphatic rings. The minimum absolute atomic E-state index is 0.645. The molecule has 0 aromatic carbocycles. The van der Waals surface area contributed by atoms with E-state index in [0.717, 1.165) is 27.9 Å². The Morgan fingerprint density at radius 3 is 2.79 bits per heavy atom. The van der Waals surface area contributed by atoms with Gasteiger partial charge in [0.15, 0.2) is 0 Å². The number of nitrogens with zero attached hydrogens (tertiary/aromatic N) is 1. The van der Waals surface area contributed by atoms with Crippen molar-refractivity contribution in [3.63, 3.8) is 0 Å². The average molecular weight is 297 g/mol. The van der Waals surface area contributed by atoms with Gasteiger partial charge < -0.3 is 4.98 Å². The van der Waals surface area contributed by atoms with Crippen LogP contribution < -0.4 is 0 Å². The Hall–Kier alpha value is -0.350. The van der Waals surface area contributed by atoms with Gasteiger partial charge >= 0.3 is 0 Å². The Bertz CT molecular complexity index is 448. The molecule has 0 aliphatic heterocycles. The average Bonchev–Trinajstić information content (AvgIpc) is 2.36. The van der Waals surface area contributed by atoms with E-state index in [1.165, 1.54) is 37.8 Å². The van der Waals surface area contributed by atoms with Crippen molar-refractivity contribution in [1.29, 1.82) is 0 Å². The summed E-state index contributed by atoms with van der Waals surface area (Å²) >= 11 is 7.32. The third-order valence-electron chi connectivity index (χ3n) is 3.48. The second-order valence-corrected chi connectivity index (χ2v) is 7.57. The van der Waals surface area contributed by atoms with E-state index in [4.69, 9.17) is 12.2 Å². The van der Waals surface area contributed by atoms with Crippen LogP contribution >= 0.6 is 24.0 Å². The molecule has 1 saturated carbocycles. The first-order valence-corrected chi connectivity index (χ1v) is 8.80. The highest BCUT2D eigenvalue weighted by Gasteiger charge is 2.14.